The summed E-state index contributed by atoms with van der Waals surface area (Å²) in [5.74, 6) is 0. The largest absolute Gasteiger partial charge is 0.378 e. The topological polar surface area (TPSA) is 42.3 Å². The monoisotopic (exact) mass is 286 g/mol. The smallest absolute Gasteiger partial charge is 0.131 e. The molecular weight excluding hydrogens is 264 g/mol. The van der Waals surface area contributed by atoms with Gasteiger partial charge < -0.3 is 10.1 Å². The van der Waals surface area contributed by atoms with Gasteiger partial charge in [0.25, 0.3) is 0 Å². The summed E-state index contributed by atoms with van der Waals surface area (Å²) < 4.78 is 7.32. The second kappa shape index (κ2) is 6.70. The minimum atomic E-state index is 0.407. The molecular formula is C13H23ClN4O. The van der Waals surface area contributed by atoms with Crippen LogP contribution in [0.3, 0.4) is 0 Å². The van der Waals surface area contributed by atoms with E-state index in [0.717, 1.165) is 55.8 Å². The summed E-state index contributed by atoms with van der Waals surface area (Å²) in [6.45, 7) is 9.43. The fraction of sp³-hybridized carbons (Fsp3) is 0.769. The Morgan fingerprint density at radius 3 is 2.95 bits per heavy atom. The van der Waals surface area contributed by atoms with Crippen LogP contribution in [-0.2, 0) is 18.3 Å². The van der Waals surface area contributed by atoms with Crippen molar-refractivity contribution < 1.29 is 4.74 Å². The average molecular weight is 287 g/mol. The van der Waals surface area contributed by atoms with E-state index in [1.807, 2.05) is 14.0 Å². The van der Waals surface area contributed by atoms with Crippen molar-refractivity contribution in [3.05, 3.63) is 16.4 Å². The average Bonchev–Trinajstić information content (AvgIpc) is 2.64. The van der Waals surface area contributed by atoms with Crippen LogP contribution in [0.2, 0.25) is 5.15 Å². The van der Waals surface area contributed by atoms with Crippen molar-refractivity contribution in [1.29, 1.82) is 0 Å². The number of ether oxygens (including phenoxy) is 1. The van der Waals surface area contributed by atoms with Crippen molar-refractivity contribution >= 4 is 11.6 Å². The molecule has 1 N–H and O–H groups in total. The number of aryl methyl sites for hydroxylation is 2. The van der Waals surface area contributed by atoms with Gasteiger partial charge in [0.15, 0.2) is 0 Å². The normalized spacial score (nSPS) is 20.9. The van der Waals surface area contributed by atoms with E-state index in [-0.39, 0.29) is 0 Å². The number of rotatable bonds is 5. The highest BCUT2D eigenvalue weighted by Gasteiger charge is 2.25. The molecule has 1 atom stereocenters. The molecule has 5 nitrogen and oxygen atoms in total. The zero-order valence-electron chi connectivity index (χ0n) is 11.9. The third-order valence-corrected chi connectivity index (χ3v) is 4.08. The maximum Gasteiger partial charge on any atom is 0.131 e. The number of halogens is 1. The summed E-state index contributed by atoms with van der Waals surface area (Å²) in [5.41, 5.74) is 2.15. The van der Waals surface area contributed by atoms with Crippen molar-refractivity contribution in [2.45, 2.75) is 26.4 Å². The standard InChI is InChI=1S/C13H23ClN4O/c1-4-15-7-11-9-19-6-5-18(11)8-12-10(2)16-17(3)13(12)14/h11,15H,4-9H2,1-3H3. The maximum absolute atomic E-state index is 6.31. The summed E-state index contributed by atoms with van der Waals surface area (Å²) >= 11 is 6.31. The quantitative estimate of drug-likeness (QED) is 0.883. The number of hydrogen-bond acceptors (Lipinski definition) is 4. The third kappa shape index (κ3) is 3.48. The minimum absolute atomic E-state index is 0.407. The van der Waals surface area contributed by atoms with E-state index in [0.29, 0.717) is 6.04 Å². The predicted octanol–water partition coefficient (Wildman–Crippen LogP) is 1.19. The fourth-order valence-corrected chi connectivity index (χ4v) is 2.69. The maximum atomic E-state index is 6.31. The molecule has 0 saturated carbocycles. The van der Waals surface area contributed by atoms with E-state index in [1.165, 1.54) is 0 Å². The molecule has 1 fully saturated rings. The first-order chi connectivity index (χ1) is 9.13. The van der Waals surface area contributed by atoms with Crippen LogP contribution < -0.4 is 5.32 Å². The van der Waals surface area contributed by atoms with Crippen molar-refractivity contribution in [2.75, 3.05) is 32.8 Å². The molecule has 0 aromatic carbocycles. The molecule has 108 valence electrons. The molecule has 0 amide bonds. The molecule has 0 bridgehead atoms. The van der Waals surface area contributed by atoms with E-state index in [4.69, 9.17) is 16.3 Å². The van der Waals surface area contributed by atoms with Crippen LogP contribution in [0.15, 0.2) is 0 Å². The molecule has 0 aliphatic carbocycles. The van der Waals surface area contributed by atoms with E-state index in [2.05, 4.69) is 22.2 Å². The lowest BCUT2D eigenvalue weighted by Gasteiger charge is -2.35. The summed E-state index contributed by atoms with van der Waals surface area (Å²) in [4.78, 5) is 2.43. The first kappa shape index (κ1) is 14.8. The van der Waals surface area contributed by atoms with E-state index in [9.17, 15) is 0 Å². The van der Waals surface area contributed by atoms with Crippen LogP contribution >= 0.6 is 11.6 Å². The van der Waals surface area contributed by atoms with Gasteiger partial charge in [0.05, 0.1) is 18.9 Å². The summed E-state index contributed by atoms with van der Waals surface area (Å²) in [7, 11) is 1.88. The molecule has 6 heteroatoms. The highest BCUT2D eigenvalue weighted by Crippen LogP contribution is 2.22. The van der Waals surface area contributed by atoms with E-state index < -0.39 is 0 Å². The number of aromatic nitrogens is 2. The molecule has 0 spiro atoms. The van der Waals surface area contributed by atoms with Gasteiger partial charge in [-0.15, -0.1) is 0 Å². The van der Waals surface area contributed by atoms with Gasteiger partial charge in [-0.25, -0.2) is 0 Å². The van der Waals surface area contributed by atoms with Crippen LogP contribution in [0.25, 0.3) is 0 Å². The third-order valence-electron chi connectivity index (χ3n) is 3.61. The molecule has 1 aromatic rings. The zero-order valence-corrected chi connectivity index (χ0v) is 12.7. The molecule has 1 unspecified atom stereocenters. The first-order valence-corrected chi connectivity index (χ1v) is 7.21. The molecule has 1 aliphatic heterocycles. The number of hydrogen-bond donors (Lipinski definition) is 1. The summed E-state index contributed by atoms with van der Waals surface area (Å²) in [5, 5.41) is 8.51. The molecule has 1 aromatic heterocycles. The SMILES string of the molecule is CCNCC1COCCN1Cc1c(C)nn(C)c1Cl. The second-order valence-corrected chi connectivity index (χ2v) is 5.34. The van der Waals surface area contributed by atoms with E-state index >= 15 is 0 Å². The lowest BCUT2D eigenvalue weighted by atomic mass is 10.1. The second-order valence-electron chi connectivity index (χ2n) is 4.99. The highest BCUT2D eigenvalue weighted by molar-refractivity contribution is 6.30. The number of likely N-dealkylation sites (N-methyl/N-ethyl adjacent to an activating group) is 1. The molecule has 2 rings (SSSR count). The first-order valence-electron chi connectivity index (χ1n) is 6.84. The Balaban J connectivity index is 2.06. The van der Waals surface area contributed by atoms with Crippen LogP contribution in [0.1, 0.15) is 18.2 Å². The lowest BCUT2D eigenvalue weighted by Crippen LogP contribution is -2.49. The van der Waals surface area contributed by atoms with Crippen LogP contribution in [-0.4, -0.2) is 53.6 Å². The van der Waals surface area contributed by atoms with Crippen LogP contribution in [0.4, 0.5) is 0 Å². The Kier molecular flexibility index (Phi) is 5.21. The fourth-order valence-electron chi connectivity index (χ4n) is 2.45. The number of morpholine rings is 1. The highest BCUT2D eigenvalue weighted by atomic mass is 35.5. The number of nitrogens with one attached hydrogen (secondary N) is 1. The van der Waals surface area contributed by atoms with Gasteiger partial charge in [0, 0.05) is 38.3 Å². The minimum Gasteiger partial charge on any atom is -0.378 e. The zero-order chi connectivity index (χ0) is 13.8. The Hall–Kier alpha value is -0.620. The molecule has 1 saturated heterocycles. The Morgan fingerprint density at radius 2 is 2.32 bits per heavy atom. The van der Waals surface area contributed by atoms with Gasteiger partial charge in [-0.05, 0) is 13.5 Å². The summed E-state index contributed by atoms with van der Waals surface area (Å²) in [6, 6.07) is 0.407. The van der Waals surface area contributed by atoms with Crippen molar-refractivity contribution in [1.82, 2.24) is 20.0 Å². The van der Waals surface area contributed by atoms with Crippen LogP contribution in [0, 0.1) is 6.92 Å². The van der Waals surface area contributed by atoms with Crippen molar-refractivity contribution in [3.8, 4) is 0 Å². The number of nitrogens with zero attached hydrogens (tertiary/aromatic N) is 3. The molecule has 0 radical (unpaired) electrons. The van der Waals surface area contributed by atoms with Gasteiger partial charge in [-0.2, -0.15) is 5.10 Å². The van der Waals surface area contributed by atoms with Crippen molar-refractivity contribution in [2.24, 2.45) is 7.05 Å². The molecule has 1 aliphatic rings. The Morgan fingerprint density at radius 1 is 1.53 bits per heavy atom. The Labute approximate surface area is 119 Å². The lowest BCUT2D eigenvalue weighted by molar-refractivity contribution is -0.0108. The predicted molar refractivity (Wildman–Crippen MR) is 76.5 cm³/mol. The van der Waals surface area contributed by atoms with Gasteiger partial charge in [-0.1, -0.05) is 18.5 Å². The van der Waals surface area contributed by atoms with Crippen molar-refractivity contribution in [3.63, 3.8) is 0 Å². The van der Waals surface area contributed by atoms with Gasteiger partial charge in [0.1, 0.15) is 5.15 Å². The Bertz CT molecular complexity index is 421. The van der Waals surface area contributed by atoms with E-state index in [1.54, 1.807) is 4.68 Å². The summed E-state index contributed by atoms with van der Waals surface area (Å²) in [6.07, 6.45) is 0. The van der Waals surface area contributed by atoms with Crippen LogP contribution in [0.5, 0.6) is 0 Å². The van der Waals surface area contributed by atoms with Gasteiger partial charge >= 0.3 is 0 Å². The molecule has 19 heavy (non-hydrogen) atoms. The van der Waals surface area contributed by atoms with Gasteiger partial charge in [0.2, 0.25) is 0 Å². The van der Waals surface area contributed by atoms with Gasteiger partial charge in [-0.3, -0.25) is 9.58 Å². The molecule has 2 heterocycles.